The number of rotatable bonds is 11. The number of nitrogens with zero attached hydrogens (tertiary/aromatic N) is 5. The second-order valence-electron chi connectivity index (χ2n) is 13.7. The molecule has 0 aliphatic carbocycles. The van der Waals surface area contributed by atoms with Gasteiger partial charge < -0.3 is 19.7 Å². The van der Waals surface area contributed by atoms with Crippen LogP contribution in [0, 0.1) is 5.82 Å². The van der Waals surface area contributed by atoms with Gasteiger partial charge in [-0.3, -0.25) is 14.7 Å². The van der Waals surface area contributed by atoms with E-state index in [9.17, 15) is 4.79 Å². The van der Waals surface area contributed by atoms with Crippen molar-refractivity contribution in [3.8, 4) is 17.3 Å². The molecule has 0 bridgehead atoms. The average molecular weight is 639 g/mol. The molecule has 246 valence electrons. The Morgan fingerprint density at radius 2 is 1.96 bits per heavy atom. The number of anilines is 1. The van der Waals surface area contributed by atoms with Crippen LogP contribution in [0.15, 0.2) is 54.7 Å². The molecule has 9 nitrogen and oxygen atoms in total. The van der Waals surface area contributed by atoms with Gasteiger partial charge in [0, 0.05) is 36.9 Å². The van der Waals surface area contributed by atoms with E-state index in [0.717, 1.165) is 74.6 Å². The highest BCUT2D eigenvalue weighted by molar-refractivity contribution is 6.00. The summed E-state index contributed by atoms with van der Waals surface area (Å²) in [5.41, 5.74) is 3.19. The molecule has 7 rings (SSSR count). The van der Waals surface area contributed by atoms with Gasteiger partial charge in [0.1, 0.15) is 23.6 Å². The van der Waals surface area contributed by atoms with Gasteiger partial charge >= 0.3 is 6.01 Å². The number of pyridine rings is 1. The fourth-order valence-electron chi connectivity index (χ4n) is 8.00. The molecule has 5 heterocycles. The van der Waals surface area contributed by atoms with E-state index in [1.165, 1.54) is 5.57 Å². The SMILES string of the molecule is C=C1CN2CCCC2(COc2nc(N3CCCC(C)(NC)C3)c3cnc(-c4cccc5cccc(CCCOC=O)c45)c(F)c3n2)C1. The summed E-state index contributed by atoms with van der Waals surface area (Å²) in [5, 5.41) is 5.96. The molecule has 0 radical (unpaired) electrons. The van der Waals surface area contributed by atoms with E-state index in [2.05, 4.69) is 28.6 Å². The molecule has 2 aromatic heterocycles. The minimum atomic E-state index is -0.495. The number of benzene rings is 2. The van der Waals surface area contributed by atoms with Crippen molar-refractivity contribution in [2.24, 2.45) is 0 Å². The molecule has 1 N–H and O–H groups in total. The highest BCUT2D eigenvalue weighted by Gasteiger charge is 2.46. The molecule has 0 amide bonds. The zero-order valence-corrected chi connectivity index (χ0v) is 27.4. The van der Waals surface area contributed by atoms with E-state index in [-0.39, 0.29) is 28.3 Å². The lowest BCUT2D eigenvalue weighted by molar-refractivity contribution is -0.128. The summed E-state index contributed by atoms with van der Waals surface area (Å²) < 4.78 is 28.4. The topological polar surface area (TPSA) is 92.7 Å². The number of carbonyl (C=O) groups excluding carboxylic acids is 1. The van der Waals surface area contributed by atoms with E-state index >= 15 is 4.39 Å². The third kappa shape index (κ3) is 5.93. The van der Waals surface area contributed by atoms with Gasteiger partial charge in [-0.25, -0.2) is 4.39 Å². The summed E-state index contributed by atoms with van der Waals surface area (Å²) in [6, 6.07) is 12.1. The van der Waals surface area contributed by atoms with E-state index in [4.69, 9.17) is 24.4 Å². The number of aryl methyl sites for hydroxylation is 1. The Labute approximate surface area is 275 Å². The van der Waals surface area contributed by atoms with Crippen LogP contribution in [0.4, 0.5) is 10.2 Å². The Bertz CT molecular complexity index is 1830. The Balaban J connectivity index is 1.32. The minimum Gasteiger partial charge on any atom is -0.468 e. The number of hydrogen-bond acceptors (Lipinski definition) is 9. The third-order valence-corrected chi connectivity index (χ3v) is 10.5. The lowest BCUT2D eigenvalue weighted by Gasteiger charge is -2.41. The highest BCUT2D eigenvalue weighted by atomic mass is 19.1. The molecule has 2 unspecified atom stereocenters. The Hall–Kier alpha value is -4.15. The molecule has 3 aliphatic rings. The van der Waals surface area contributed by atoms with Gasteiger partial charge in [0.25, 0.3) is 6.47 Å². The standard InChI is InChI=1S/C37H43FN6O3/c1-25-19-37(15-8-17-44(37)21-25)23-47-35-41-33-29(34(42-35)43-16-7-14-36(2,22-43)39-3)20-40-32(31(33)38)28-13-5-11-26-9-4-10-27(30(26)28)12-6-18-46-24-45/h4-5,9-11,13,20,24,39H,1,6-8,12,14-19,21-23H2,2-3H3. The normalized spacial score (nSPS) is 23.0. The number of likely N-dealkylation sites (N-methyl/N-ethyl adjacent to an activating group) is 1. The van der Waals surface area contributed by atoms with Crippen molar-refractivity contribution in [3.63, 3.8) is 0 Å². The fourth-order valence-corrected chi connectivity index (χ4v) is 8.00. The number of ether oxygens (including phenoxy) is 2. The van der Waals surface area contributed by atoms with E-state index in [1.807, 2.05) is 43.4 Å². The fraction of sp³-hybridized carbons (Fsp3) is 0.459. The molecule has 3 saturated heterocycles. The van der Waals surface area contributed by atoms with Crippen LogP contribution in [0.1, 0.15) is 51.0 Å². The monoisotopic (exact) mass is 638 g/mol. The molecular formula is C37H43FN6O3. The summed E-state index contributed by atoms with van der Waals surface area (Å²) in [7, 11) is 1.99. The number of hydrogen-bond donors (Lipinski definition) is 1. The Morgan fingerprint density at radius 3 is 2.79 bits per heavy atom. The first-order valence-corrected chi connectivity index (χ1v) is 16.7. The predicted octanol–water partition coefficient (Wildman–Crippen LogP) is 5.84. The van der Waals surface area contributed by atoms with Crippen LogP contribution < -0.4 is 15.0 Å². The van der Waals surface area contributed by atoms with E-state index in [1.54, 1.807) is 6.20 Å². The first kappa shape index (κ1) is 31.4. The first-order chi connectivity index (χ1) is 22.8. The van der Waals surface area contributed by atoms with Crippen molar-refractivity contribution < 1.29 is 18.7 Å². The van der Waals surface area contributed by atoms with Gasteiger partial charge in [-0.15, -0.1) is 0 Å². The van der Waals surface area contributed by atoms with Crippen molar-refractivity contribution in [1.82, 2.24) is 25.2 Å². The number of nitrogens with one attached hydrogen (secondary N) is 1. The van der Waals surface area contributed by atoms with Crippen LogP contribution in [-0.4, -0.2) is 83.8 Å². The van der Waals surface area contributed by atoms with Crippen molar-refractivity contribution in [2.75, 3.05) is 51.3 Å². The largest absolute Gasteiger partial charge is 0.468 e. The smallest absolute Gasteiger partial charge is 0.319 e. The number of piperidine rings is 1. The maximum absolute atomic E-state index is 17.0. The minimum absolute atomic E-state index is 0.105. The van der Waals surface area contributed by atoms with Crippen molar-refractivity contribution in [1.29, 1.82) is 0 Å². The summed E-state index contributed by atoms with van der Waals surface area (Å²) in [5.74, 6) is 0.153. The van der Waals surface area contributed by atoms with E-state index in [0.29, 0.717) is 49.3 Å². The lowest BCUT2D eigenvalue weighted by atomic mass is 9.91. The van der Waals surface area contributed by atoms with Crippen LogP contribution in [0.2, 0.25) is 0 Å². The third-order valence-electron chi connectivity index (χ3n) is 10.5. The molecule has 2 aromatic carbocycles. The average Bonchev–Trinajstić information content (AvgIpc) is 3.61. The molecule has 10 heteroatoms. The predicted molar refractivity (Wildman–Crippen MR) is 182 cm³/mol. The van der Waals surface area contributed by atoms with Gasteiger partial charge in [-0.2, -0.15) is 9.97 Å². The van der Waals surface area contributed by atoms with Gasteiger partial charge in [-0.05, 0) is 81.8 Å². The van der Waals surface area contributed by atoms with Gasteiger partial charge in [0.15, 0.2) is 5.82 Å². The molecule has 3 aliphatic heterocycles. The summed E-state index contributed by atoms with van der Waals surface area (Å²) >= 11 is 0. The van der Waals surface area contributed by atoms with Crippen LogP contribution in [0.3, 0.4) is 0 Å². The summed E-state index contributed by atoms with van der Waals surface area (Å²) in [6.45, 7) is 11.1. The maximum atomic E-state index is 17.0. The van der Waals surface area contributed by atoms with Crippen molar-refractivity contribution in [3.05, 3.63) is 66.1 Å². The van der Waals surface area contributed by atoms with Crippen LogP contribution >= 0.6 is 0 Å². The second-order valence-corrected chi connectivity index (χ2v) is 13.7. The summed E-state index contributed by atoms with van der Waals surface area (Å²) in [4.78, 5) is 29.8. The molecular weight excluding hydrogens is 595 g/mol. The Kier molecular flexibility index (Phi) is 8.57. The summed E-state index contributed by atoms with van der Waals surface area (Å²) in [6.07, 6.45) is 8.11. The van der Waals surface area contributed by atoms with Crippen molar-refractivity contribution >= 4 is 34.0 Å². The van der Waals surface area contributed by atoms with E-state index < -0.39 is 5.82 Å². The van der Waals surface area contributed by atoms with Crippen LogP contribution in [-0.2, 0) is 16.0 Å². The number of carbonyl (C=O) groups is 1. The van der Waals surface area contributed by atoms with Gasteiger partial charge in [-0.1, -0.05) is 48.6 Å². The number of halogens is 1. The molecule has 0 saturated carbocycles. The first-order valence-electron chi connectivity index (χ1n) is 16.7. The maximum Gasteiger partial charge on any atom is 0.319 e. The zero-order valence-electron chi connectivity index (χ0n) is 27.4. The van der Waals surface area contributed by atoms with Gasteiger partial charge in [0.05, 0.1) is 17.5 Å². The lowest BCUT2D eigenvalue weighted by Crippen LogP contribution is -2.54. The highest BCUT2D eigenvalue weighted by Crippen LogP contribution is 2.42. The molecule has 3 fully saturated rings. The number of aromatic nitrogens is 3. The second kappa shape index (κ2) is 12.8. The van der Waals surface area contributed by atoms with Gasteiger partial charge in [0.2, 0.25) is 0 Å². The van der Waals surface area contributed by atoms with Crippen LogP contribution in [0.25, 0.3) is 32.9 Å². The molecule has 0 spiro atoms. The quantitative estimate of drug-likeness (QED) is 0.124. The molecule has 4 aromatic rings. The van der Waals surface area contributed by atoms with Crippen molar-refractivity contribution in [2.45, 2.75) is 62.9 Å². The Morgan fingerprint density at radius 1 is 1.13 bits per heavy atom. The zero-order chi connectivity index (χ0) is 32.6. The molecule has 47 heavy (non-hydrogen) atoms. The number of fused-ring (bicyclic) bond motifs is 3. The van der Waals surface area contributed by atoms with Crippen LogP contribution in [0.5, 0.6) is 6.01 Å². The molecule has 2 atom stereocenters.